The smallest absolute Gasteiger partial charge is 0.325 e. The molecule has 1 unspecified atom stereocenters. The second kappa shape index (κ2) is 4.24. The van der Waals surface area contributed by atoms with E-state index < -0.39 is 0 Å². The first-order valence-corrected chi connectivity index (χ1v) is 6.21. The van der Waals surface area contributed by atoms with Crippen molar-refractivity contribution < 1.29 is 0 Å². The molecule has 0 fully saturated rings. The highest BCUT2D eigenvalue weighted by Gasteiger charge is 2.17. The molecular weight excluding hydrogens is 252 g/mol. The van der Waals surface area contributed by atoms with Gasteiger partial charge in [0.1, 0.15) is 11.2 Å². The van der Waals surface area contributed by atoms with E-state index in [2.05, 4.69) is 4.98 Å². The van der Waals surface area contributed by atoms with E-state index in [-0.39, 0.29) is 17.3 Å². The monoisotopic (exact) mass is 268 g/mol. The van der Waals surface area contributed by atoms with E-state index in [0.29, 0.717) is 15.9 Å². The van der Waals surface area contributed by atoms with Gasteiger partial charge in [0.2, 0.25) is 0 Å². The van der Waals surface area contributed by atoms with Crippen molar-refractivity contribution >= 4 is 23.4 Å². The molecule has 0 amide bonds. The number of aryl methyl sites for hydroxylation is 1. The number of nitrogens with zero attached hydrogens (tertiary/aromatic N) is 3. The van der Waals surface area contributed by atoms with Crippen LogP contribution in [0.1, 0.15) is 26.3 Å². The molecule has 0 aliphatic heterocycles. The van der Waals surface area contributed by atoms with Crippen LogP contribution in [0, 0.1) is 4.77 Å². The zero-order valence-corrected chi connectivity index (χ0v) is 11.7. The van der Waals surface area contributed by atoms with Crippen LogP contribution in [0.4, 0.5) is 0 Å². The summed E-state index contributed by atoms with van der Waals surface area (Å²) < 4.78 is 4.83. The van der Waals surface area contributed by atoms with Gasteiger partial charge in [-0.2, -0.15) is 0 Å². The normalized spacial score (nSPS) is 13.1. The molecule has 0 aliphatic rings. The Kier molecular flexibility index (Phi) is 3.02. The SMILES string of the molecule is CCC(C)n1c(=S)[nH]c2c(=O)n(C)c(=O)n(C)c21. The highest BCUT2D eigenvalue weighted by molar-refractivity contribution is 7.71. The van der Waals surface area contributed by atoms with Crippen LogP contribution in [0.15, 0.2) is 9.59 Å². The molecule has 7 heteroatoms. The van der Waals surface area contributed by atoms with Crippen LogP contribution >= 0.6 is 12.2 Å². The van der Waals surface area contributed by atoms with Crippen molar-refractivity contribution in [3.05, 3.63) is 25.6 Å². The molecule has 0 bridgehead atoms. The maximum absolute atomic E-state index is 12.0. The van der Waals surface area contributed by atoms with Crippen molar-refractivity contribution in [2.24, 2.45) is 14.1 Å². The molecule has 1 atom stereocenters. The Hall–Kier alpha value is -1.63. The summed E-state index contributed by atoms with van der Waals surface area (Å²) in [6.45, 7) is 4.04. The quantitative estimate of drug-likeness (QED) is 0.829. The van der Waals surface area contributed by atoms with E-state index in [1.807, 2.05) is 18.4 Å². The van der Waals surface area contributed by atoms with Gasteiger partial charge in [-0.15, -0.1) is 0 Å². The summed E-state index contributed by atoms with van der Waals surface area (Å²) in [6.07, 6.45) is 0.866. The van der Waals surface area contributed by atoms with Crippen LogP contribution in [0.25, 0.3) is 11.2 Å². The molecule has 0 aromatic carbocycles. The summed E-state index contributed by atoms with van der Waals surface area (Å²) >= 11 is 5.25. The minimum Gasteiger partial charge on any atom is -0.325 e. The molecular formula is C11H16N4O2S. The van der Waals surface area contributed by atoms with Gasteiger partial charge in [-0.3, -0.25) is 18.5 Å². The maximum atomic E-state index is 12.0. The third-order valence-electron chi connectivity index (χ3n) is 3.34. The Morgan fingerprint density at radius 3 is 2.44 bits per heavy atom. The predicted molar refractivity (Wildman–Crippen MR) is 72.6 cm³/mol. The predicted octanol–water partition coefficient (Wildman–Crippen LogP) is 1.07. The van der Waals surface area contributed by atoms with Gasteiger partial charge in [-0.25, -0.2) is 4.79 Å². The number of nitrogens with one attached hydrogen (secondary N) is 1. The molecule has 6 nitrogen and oxygen atoms in total. The van der Waals surface area contributed by atoms with Gasteiger partial charge in [0.05, 0.1) is 0 Å². The van der Waals surface area contributed by atoms with Gasteiger partial charge in [0, 0.05) is 20.1 Å². The van der Waals surface area contributed by atoms with Crippen molar-refractivity contribution in [3.8, 4) is 0 Å². The molecule has 0 spiro atoms. The highest BCUT2D eigenvalue weighted by Crippen LogP contribution is 2.17. The fraction of sp³-hybridized carbons (Fsp3) is 0.545. The standard InChI is InChI=1S/C11H16N4O2S/c1-5-6(2)15-8-7(12-10(15)18)9(16)14(4)11(17)13(8)3/h6H,5H2,1-4H3,(H,12,18). The van der Waals surface area contributed by atoms with Crippen molar-refractivity contribution in [1.29, 1.82) is 0 Å². The topological polar surface area (TPSA) is 64.7 Å². The van der Waals surface area contributed by atoms with Gasteiger partial charge < -0.3 is 4.98 Å². The summed E-state index contributed by atoms with van der Waals surface area (Å²) in [7, 11) is 3.10. The van der Waals surface area contributed by atoms with Crippen molar-refractivity contribution in [2.75, 3.05) is 0 Å². The molecule has 18 heavy (non-hydrogen) atoms. The number of hydrogen-bond donors (Lipinski definition) is 1. The van der Waals surface area contributed by atoms with E-state index >= 15 is 0 Å². The number of aromatic nitrogens is 4. The Labute approximate surface area is 108 Å². The third kappa shape index (κ3) is 1.58. The molecule has 2 aromatic rings. The van der Waals surface area contributed by atoms with E-state index in [1.54, 1.807) is 7.05 Å². The second-order valence-corrected chi connectivity index (χ2v) is 4.85. The second-order valence-electron chi connectivity index (χ2n) is 4.46. The third-order valence-corrected chi connectivity index (χ3v) is 3.64. The van der Waals surface area contributed by atoms with Crippen LogP contribution in [0.2, 0.25) is 0 Å². The van der Waals surface area contributed by atoms with Crippen molar-refractivity contribution in [2.45, 2.75) is 26.3 Å². The lowest BCUT2D eigenvalue weighted by Crippen LogP contribution is -2.37. The summed E-state index contributed by atoms with van der Waals surface area (Å²) in [5, 5.41) is 0. The zero-order chi connectivity index (χ0) is 13.6. The number of rotatable bonds is 2. The summed E-state index contributed by atoms with van der Waals surface area (Å²) in [5.41, 5.74) is 0.243. The first kappa shape index (κ1) is 12.8. The average Bonchev–Trinajstić information content (AvgIpc) is 2.70. The molecule has 98 valence electrons. The molecule has 0 saturated heterocycles. The Balaban J connectivity index is 3.09. The number of imidazole rings is 1. The van der Waals surface area contributed by atoms with E-state index in [0.717, 1.165) is 11.0 Å². The summed E-state index contributed by atoms with van der Waals surface area (Å²) in [6, 6.07) is 0.129. The number of H-pyrrole nitrogens is 1. The number of hydrogen-bond acceptors (Lipinski definition) is 3. The maximum Gasteiger partial charge on any atom is 0.332 e. The van der Waals surface area contributed by atoms with Crippen molar-refractivity contribution in [1.82, 2.24) is 18.7 Å². The molecule has 0 aliphatic carbocycles. The first-order chi connectivity index (χ1) is 8.40. The highest BCUT2D eigenvalue weighted by atomic mass is 32.1. The van der Waals surface area contributed by atoms with Crippen LogP contribution in [-0.2, 0) is 14.1 Å². The van der Waals surface area contributed by atoms with Gasteiger partial charge in [-0.1, -0.05) is 6.92 Å². The lowest BCUT2D eigenvalue weighted by molar-refractivity contribution is 0.526. The Bertz CT molecular complexity index is 777. The summed E-state index contributed by atoms with van der Waals surface area (Å²) in [4.78, 5) is 26.9. The van der Waals surface area contributed by atoms with E-state index in [4.69, 9.17) is 12.2 Å². The van der Waals surface area contributed by atoms with Gasteiger partial charge >= 0.3 is 5.69 Å². The molecule has 0 radical (unpaired) electrons. The lowest BCUT2D eigenvalue weighted by atomic mass is 10.2. The molecule has 0 saturated carbocycles. The van der Waals surface area contributed by atoms with Crippen LogP contribution in [0.3, 0.4) is 0 Å². The molecule has 2 rings (SSSR count). The molecule has 2 aromatic heterocycles. The van der Waals surface area contributed by atoms with E-state index in [9.17, 15) is 9.59 Å². The average molecular weight is 268 g/mol. The minimum absolute atomic E-state index is 0.129. The fourth-order valence-electron chi connectivity index (χ4n) is 2.08. The number of fused-ring (bicyclic) bond motifs is 1. The fourth-order valence-corrected chi connectivity index (χ4v) is 2.45. The first-order valence-electron chi connectivity index (χ1n) is 5.80. The van der Waals surface area contributed by atoms with Gasteiger partial charge in [-0.05, 0) is 25.6 Å². The number of aromatic amines is 1. The lowest BCUT2D eigenvalue weighted by Gasteiger charge is -2.13. The van der Waals surface area contributed by atoms with E-state index in [1.165, 1.54) is 11.6 Å². The molecule has 1 N–H and O–H groups in total. The van der Waals surface area contributed by atoms with Crippen LogP contribution < -0.4 is 11.2 Å². The Morgan fingerprint density at radius 1 is 1.28 bits per heavy atom. The minimum atomic E-state index is -0.349. The van der Waals surface area contributed by atoms with Gasteiger partial charge in [0.25, 0.3) is 5.56 Å². The van der Waals surface area contributed by atoms with Gasteiger partial charge in [0.15, 0.2) is 4.77 Å². The zero-order valence-electron chi connectivity index (χ0n) is 10.9. The van der Waals surface area contributed by atoms with Crippen LogP contribution in [-0.4, -0.2) is 18.7 Å². The summed E-state index contributed by atoms with van der Waals surface area (Å²) in [5.74, 6) is 0. The largest absolute Gasteiger partial charge is 0.332 e. The van der Waals surface area contributed by atoms with Crippen LogP contribution in [0.5, 0.6) is 0 Å². The van der Waals surface area contributed by atoms with Crippen molar-refractivity contribution in [3.63, 3.8) is 0 Å². The molecule has 2 heterocycles. The Morgan fingerprint density at radius 2 is 1.89 bits per heavy atom.